The predicted octanol–water partition coefficient (Wildman–Crippen LogP) is 8.18. The van der Waals surface area contributed by atoms with Crippen molar-refractivity contribution in [1.29, 1.82) is 0 Å². The largest absolute Gasteiger partial charge is 0.397 e. The summed E-state index contributed by atoms with van der Waals surface area (Å²) < 4.78 is 6.14. The van der Waals surface area contributed by atoms with Crippen LogP contribution in [0.2, 0.25) is 0 Å². The number of hydrogen-bond acceptors (Lipinski definition) is 7. The molecule has 2 aromatic heterocycles. The molecular weight excluding hydrogens is 565 g/mol. The van der Waals surface area contributed by atoms with Crippen LogP contribution < -0.4 is 22.1 Å². The average Bonchev–Trinajstić information content (AvgIpc) is 3.63. The predicted molar refractivity (Wildman–Crippen MR) is 176 cm³/mol. The number of hydrogen-bond donors (Lipinski definition) is 4. The number of benzene rings is 2. The van der Waals surface area contributed by atoms with E-state index < -0.39 is 0 Å². The lowest BCUT2D eigenvalue weighted by Gasteiger charge is -2.28. The summed E-state index contributed by atoms with van der Waals surface area (Å²) in [5.41, 5.74) is 16.6. The molecule has 1 saturated heterocycles. The van der Waals surface area contributed by atoms with Crippen LogP contribution in [-0.4, -0.2) is 18.4 Å². The lowest BCUT2D eigenvalue weighted by molar-refractivity contribution is -0.119. The van der Waals surface area contributed by atoms with E-state index in [4.69, 9.17) is 16.2 Å². The number of carbonyl (C=O) groups is 2. The first-order valence-electron chi connectivity index (χ1n) is 14.2. The van der Waals surface area contributed by atoms with Crippen LogP contribution in [0.4, 0.5) is 22.7 Å². The summed E-state index contributed by atoms with van der Waals surface area (Å²) in [7, 11) is 0. The molecule has 0 bridgehead atoms. The summed E-state index contributed by atoms with van der Waals surface area (Å²) in [6.07, 6.45) is 2.36. The number of amides is 2. The smallest absolute Gasteiger partial charge is 0.224 e. The first-order chi connectivity index (χ1) is 20.0. The molecule has 4 aromatic rings. The number of nitrogen functional groups attached to an aromatic ring is 2. The Morgan fingerprint density at radius 3 is 2.21 bits per heavy atom. The van der Waals surface area contributed by atoms with Gasteiger partial charge >= 0.3 is 0 Å². The topological polar surface area (TPSA) is 119 Å². The Kier molecular flexibility index (Phi) is 9.01. The van der Waals surface area contributed by atoms with Gasteiger partial charge in [-0.25, -0.2) is 0 Å². The summed E-state index contributed by atoms with van der Waals surface area (Å²) in [5.74, 6) is 0.115. The second kappa shape index (κ2) is 12.7. The van der Waals surface area contributed by atoms with Gasteiger partial charge in [0.2, 0.25) is 11.8 Å². The van der Waals surface area contributed by atoms with Crippen molar-refractivity contribution in [3.8, 4) is 20.9 Å². The molecule has 9 heteroatoms. The zero-order valence-electron chi connectivity index (χ0n) is 24.2. The maximum Gasteiger partial charge on any atom is 0.224 e. The van der Waals surface area contributed by atoms with Crippen LogP contribution in [-0.2, 0) is 14.3 Å². The van der Waals surface area contributed by atoms with Crippen molar-refractivity contribution in [1.82, 2.24) is 0 Å². The van der Waals surface area contributed by atoms with E-state index in [0.29, 0.717) is 42.2 Å². The highest BCUT2D eigenvalue weighted by Crippen LogP contribution is 2.40. The van der Waals surface area contributed by atoms with Gasteiger partial charge in [0, 0.05) is 34.1 Å². The Labute approximate surface area is 255 Å². The number of carbonyl (C=O) groups excluding carboxylic acids is 2. The molecule has 5 rings (SSSR count). The maximum atomic E-state index is 13.0. The molecule has 2 amide bonds. The minimum absolute atomic E-state index is 0.0366. The fourth-order valence-corrected chi connectivity index (χ4v) is 6.94. The van der Waals surface area contributed by atoms with Gasteiger partial charge in [-0.2, -0.15) is 0 Å². The number of ether oxygens (including phenoxy) is 1. The van der Waals surface area contributed by atoms with Gasteiger partial charge in [0.05, 0.1) is 28.9 Å². The van der Waals surface area contributed by atoms with Crippen LogP contribution in [0.5, 0.6) is 0 Å². The number of thiophene rings is 2. The van der Waals surface area contributed by atoms with Gasteiger partial charge in [0.25, 0.3) is 0 Å². The molecule has 42 heavy (non-hydrogen) atoms. The van der Waals surface area contributed by atoms with Gasteiger partial charge in [0.1, 0.15) is 0 Å². The molecule has 220 valence electrons. The van der Waals surface area contributed by atoms with E-state index in [2.05, 4.69) is 28.8 Å². The number of nitrogens with one attached hydrogen (secondary N) is 2. The monoisotopic (exact) mass is 602 g/mol. The lowest BCUT2D eigenvalue weighted by Crippen LogP contribution is -2.24. The van der Waals surface area contributed by atoms with E-state index in [1.807, 2.05) is 68.6 Å². The summed E-state index contributed by atoms with van der Waals surface area (Å²) in [6.45, 7) is 6.71. The molecule has 3 heterocycles. The fourth-order valence-electron chi connectivity index (χ4n) is 5.15. The summed E-state index contributed by atoms with van der Waals surface area (Å²) in [6, 6.07) is 19.7. The van der Waals surface area contributed by atoms with Crippen molar-refractivity contribution in [2.75, 3.05) is 28.7 Å². The third-order valence-corrected chi connectivity index (χ3v) is 9.39. The van der Waals surface area contributed by atoms with Crippen LogP contribution in [0.3, 0.4) is 0 Å². The van der Waals surface area contributed by atoms with Gasteiger partial charge in [0.15, 0.2) is 0 Å². The number of anilines is 4. The van der Waals surface area contributed by atoms with Gasteiger partial charge in [-0.1, -0.05) is 39.0 Å². The molecule has 0 aliphatic carbocycles. The second-order valence-electron chi connectivity index (χ2n) is 12.1. The molecule has 7 nitrogen and oxygen atoms in total. The van der Waals surface area contributed by atoms with E-state index in [-0.39, 0.29) is 29.3 Å². The minimum Gasteiger partial charge on any atom is -0.397 e. The van der Waals surface area contributed by atoms with Gasteiger partial charge in [-0.15, -0.1) is 22.7 Å². The number of rotatable bonds is 8. The van der Waals surface area contributed by atoms with Crippen LogP contribution >= 0.6 is 22.7 Å². The molecule has 1 aliphatic heterocycles. The molecule has 0 saturated carbocycles. The fraction of sp³-hybridized carbons (Fsp3) is 0.333. The van der Waals surface area contributed by atoms with Crippen LogP contribution in [0.25, 0.3) is 20.9 Å². The Morgan fingerprint density at radius 2 is 1.57 bits per heavy atom. The first-order valence-corrected chi connectivity index (χ1v) is 15.9. The average molecular weight is 603 g/mol. The summed E-state index contributed by atoms with van der Waals surface area (Å²) >= 11 is 3.32. The Bertz CT molecular complexity index is 1560. The molecule has 1 aliphatic rings. The maximum absolute atomic E-state index is 13.0. The molecule has 2 atom stereocenters. The van der Waals surface area contributed by atoms with Crippen LogP contribution in [0, 0.1) is 11.3 Å². The SMILES string of the molecule is CC(C)(C)CC(=O)Nc1cc(-c2ccc(C3CC(CC(=O)Nc4cc(-c5cccs5)ccc4N)CCO3)s2)ccc1N. The highest BCUT2D eigenvalue weighted by atomic mass is 32.1. The van der Waals surface area contributed by atoms with Gasteiger partial charge in [-0.05, 0) is 83.1 Å². The quantitative estimate of drug-likeness (QED) is 0.152. The third kappa shape index (κ3) is 7.59. The second-order valence-corrected chi connectivity index (χ2v) is 14.1. The van der Waals surface area contributed by atoms with E-state index in [1.54, 1.807) is 22.7 Å². The standard InChI is InChI=1S/C33H38N4O3S2/c1-33(2,3)19-32(39)37-26-18-22(7-9-24(26)35)29-10-11-30(42-29)27-15-20(12-13-40-27)16-31(38)36-25-17-21(6-8-23(25)34)28-5-4-14-41-28/h4-11,14,17-18,20,27H,12-13,15-16,19,34-35H2,1-3H3,(H,36,38)(H,37,39). The molecular formula is C33H38N4O3S2. The molecule has 2 unspecified atom stereocenters. The summed E-state index contributed by atoms with van der Waals surface area (Å²) in [5, 5.41) is 8.04. The molecule has 1 fully saturated rings. The lowest BCUT2D eigenvalue weighted by atomic mass is 9.91. The molecule has 2 aromatic carbocycles. The zero-order valence-corrected chi connectivity index (χ0v) is 25.9. The highest BCUT2D eigenvalue weighted by Gasteiger charge is 2.27. The Morgan fingerprint density at radius 1 is 0.905 bits per heavy atom. The van der Waals surface area contributed by atoms with Crippen molar-refractivity contribution >= 4 is 57.2 Å². The van der Waals surface area contributed by atoms with Crippen LogP contribution in [0.1, 0.15) is 57.4 Å². The van der Waals surface area contributed by atoms with E-state index in [0.717, 1.165) is 38.6 Å². The Balaban J connectivity index is 1.21. The first kappa shape index (κ1) is 29.8. The van der Waals surface area contributed by atoms with Crippen LogP contribution in [0.15, 0.2) is 66.0 Å². The van der Waals surface area contributed by atoms with E-state index >= 15 is 0 Å². The molecule has 0 spiro atoms. The van der Waals surface area contributed by atoms with Crippen molar-refractivity contribution in [3.05, 3.63) is 70.9 Å². The molecule has 6 N–H and O–H groups in total. The summed E-state index contributed by atoms with van der Waals surface area (Å²) in [4.78, 5) is 28.9. The van der Waals surface area contributed by atoms with E-state index in [9.17, 15) is 9.59 Å². The van der Waals surface area contributed by atoms with Gasteiger partial charge < -0.3 is 26.8 Å². The normalized spacial score (nSPS) is 17.1. The highest BCUT2D eigenvalue weighted by molar-refractivity contribution is 7.15. The number of nitrogens with two attached hydrogens (primary N) is 2. The van der Waals surface area contributed by atoms with Crippen molar-refractivity contribution in [3.63, 3.8) is 0 Å². The van der Waals surface area contributed by atoms with Crippen molar-refractivity contribution < 1.29 is 14.3 Å². The van der Waals surface area contributed by atoms with Crippen molar-refractivity contribution in [2.45, 2.75) is 52.6 Å². The van der Waals surface area contributed by atoms with Gasteiger partial charge in [-0.3, -0.25) is 9.59 Å². The third-order valence-electron chi connectivity index (χ3n) is 7.25. The van der Waals surface area contributed by atoms with E-state index in [1.165, 1.54) is 0 Å². The van der Waals surface area contributed by atoms with Crippen molar-refractivity contribution in [2.24, 2.45) is 11.3 Å². The Hall–Kier alpha value is -3.66. The minimum atomic E-state index is -0.111. The molecule has 0 radical (unpaired) electrons. The zero-order chi connectivity index (χ0) is 29.9.